The highest BCUT2D eigenvalue weighted by Gasteiger charge is 2.14. The quantitative estimate of drug-likeness (QED) is 0.811. The lowest BCUT2D eigenvalue weighted by Crippen LogP contribution is -2.34. The van der Waals surface area contributed by atoms with E-state index in [9.17, 15) is 14.7 Å². The van der Waals surface area contributed by atoms with Crippen molar-refractivity contribution in [1.82, 2.24) is 9.88 Å². The van der Waals surface area contributed by atoms with Crippen LogP contribution in [-0.4, -0.2) is 28.2 Å². The first-order valence-electron chi connectivity index (χ1n) is 8.59. The summed E-state index contributed by atoms with van der Waals surface area (Å²) in [5.41, 5.74) is 1.95. The van der Waals surface area contributed by atoms with Crippen LogP contribution in [0.2, 0.25) is 0 Å². The number of amides is 1. The molecular weight excluding hydrogens is 316 g/mol. The van der Waals surface area contributed by atoms with E-state index < -0.39 is 12.0 Å². The summed E-state index contributed by atoms with van der Waals surface area (Å²) >= 11 is 0. The second-order valence-electron chi connectivity index (χ2n) is 6.70. The number of benzene rings is 1. The lowest BCUT2D eigenvalue weighted by atomic mass is 10.0. The Bertz CT molecular complexity index is 781. The highest BCUT2D eigenvalue weighted by Crippen LogP contribution is 2.06. The summed E-state index contributed by atoms with van der Waals surface area (Å²) in [6.07, 6.45) is 1.69. The number of hydrogen-bond acceptors (Lipinski definition) is 3. The van der Waals surface area contributed by atoms with Gasteiger partial charge in [-0.25, -0.2) is 0 Å². The van der Waals surface area contributed by atoms with E-state index in [0.717, 1.165) is 11.1 Å². The van der Waals surface area contributed by atoms with Crippen LogP contribution in [0.4, 0.5) is 0 Å². The van der Waals surface area contributed by atoms with Crippen molar-refractivity contribution in [3.63, 3.8) is 0 Å². The summed E-state index contributed by atoms with van der Waals surface area (Å²) in [5, 5.41) is 12.5. The molecule has 2 N–H and O–H groups in total. The molecule has 1 atom stereocenters. The molecule has 5 nitrogen and oxygen atoms in total. The lowest BCUT2D eigenvalue weighted by molar-refractivity contribution is 0.0918. The molecule has 0 aliphatic carbocycles. The summed E-state index contributed by atoms with van der Waals surface area (Å²) < 4.78 is 1.53. The molecule has 0 radical (unpaired) electrons. The molecule has 25 heavy (non-hydrogen) atoms. The molecule has 1 aromatic heterocycles. The van der Waals surface area contributed by atoms with Gasteiger partial charge < -0.3 is 15.0 Å². The minimum absolute atomic E-state index is 0.120. The van der Waals surface area contributed by atoms with Crippen LogP contribution >= 0.6 is 0 Å². The number of nitrogens with zero attached hydrogens (tertiary/aromatic N) is 1. The third-order valence-electron chi connectivity index (χ3n) is 4.20. The summed E-state index contributed by atoms with van der Waals surface area (Å²) in [6.45, 7) is 6.61. The molecular formula is C20H26N2O3. The molecule has 0 saturated heterocycles. The molecule has 0 bridgehead atoms. The zero-order valence-corrected chi connectivity index (χ0v) is 15.0. The maximum atomic E-state index is 12.6. The van der Waals surface area contributed by atoms with Crippen LogP contribution < -0.4 is 10.9 Å². The maximum absolute atomic E-state index is 12.6. The molecule has 0 fully saturated rings. The van der Waals surface area contributed by atoms with Gasteiger partial charge in [0.05, 0.1) is 12.6 Å². The zero-order chi connectivity index (χ0) is 18.4. The number of aliphatic hydroxyl groups is 1. The summed E-state index contributed by atoms with van der Waals surface area (Å²) in [7, 11) is 0. The first-order valence-corrected chi connectivity index (χ1v) is 8.59. The van der Waals surface area contributed by atoms with E-state index in [4.69, 9.17) is 0 Å². The minimum atomic E-state index is -0.464. The van der Waals surface area contributed by atoms with E-state index >= 15 is 0 Å². The largest absolute Gasteiger partial charge is 0.393 e. The summed E-state index contributed by atoms with van der Waals surface area (Å²) in [5.74, 6) is -0.264. The molecule has 2 aromatic rings. The van der Waals surface area contributed by atoms with Gasteiger partial charge in [-0.1, -0.05) is 43.7 Å². The topological polar surface area (TPSA) is 71.3 Å². The molecule has 1 unspecified atom stereocenters. The van der Waals surface area contributed by atoms with E-state index in [0.29, 0.717) is 19.5 Å². The van der Waals surface area contributed by atoms with Gasteiger partial charge in [0.1, 0.15) is 5.56 Å². The van der Waals surface area contributed by atoms with Crippen molar-refractivity contribution in [3.05, 3.63) is 69.6 Å². The number of aromatic nitrogens is 1. The molecule has 2 rings (SSSR count). The highest BCUT2D eigenvalue weighted by molar-refractivity contribution is 5.93. The van der Waals surface area contributed by atoms with Gasteiger partial charge >= 0.3 is 0 Å². The number of hydrogen-bond donors (Lipinski definition) is 2. The van der Waals surface area contributed by atoms with Crippen molar-refractivity contribution in [2.45, 2.75) is 39.8 Å². The third kappa shape index (κ3) is 5.29. The monoisotopic (exact) mass is 342 g/mol. The SMILES string of the molecule is Cc1cccc(Cn2cccc(C(=O)NCCC(O)C(C)C)c2=O)c1. The van der Waals surface area contributed by atoms with Crippen LogP contribution in [-0.2, 0) is 6.54 Å². The molecule has 0 aliphatic rings. The Morgan fingerprint density at radius 1 is 1.24 bits per heavy atom. The molecule has 0 saturated carbocycles. The van der Waals surface area contributed by atoms with Crippen LogP contribution in [0.1, 0.15) is 41.8 Å². The van der Waals surface area contributed by atoms with Crippen LogP contribution in [0, 0.1) is 12.8 Å². The van der Waals surface area contributed by atoms with Crippen molar-refractivity contribution < 1.29 is 9.90 Å². The molecule has 5 heteroatoms. The molecule has 0 aliphatic heterocycles. The van der Waals surface area contributed by atoms with Crippen molar-refractivity contribution in [2.75, 3.05) is 6.54 Å². The number of carbonyl (C=O) groups excluding carboxylic acids is 1. The summed E-state index contributed by atoms with van der Waals surface area (Å²) in [6, 6.07) is 11.2. The van der Waals surface area contributed by atoms with Gasteiger partial charge in [-0.05, 0) is 37.0 Å². The predicted molar refractivity (Wildman–Crippen MR) is 98.8 cm³/mol. The highest BCUT2D eigenvalue weighted by atomic mass is 16.3. The molecule has 1 aromatic carbocycles. The van der Waals surface area contributed by atoms with Crippen molar-refractivity contribution in [2.24, 2.45) is 5.92 Å². The van der Waals surface area contributed by atoms with Crippen LogP contribution in [0.25, 0.3) is 0 Å². The number of rotatable bonds is 7. The van der Waals surface area contributed by atoms with Gasteiger partial charge in [0.2, 0.25) is 0 Å². The number of aryl methyl sites for hydroxylation is 1. The van der Waals surface area contributed by atoms with Crippen molar-refractivity contribution in [1.29, 1.82) is 0 Å². The second-order valence-corrected chi connectivity index (χ2v) is 6.70. The second kappa shape index (κ2) is 8.62. The molecule has 1 heterocycles. The van der Waals surface area contributed by atoms with Crippen LogP contribution in [0.15, 0.2) is 47.4 Å². The van der Waals surface area contributed by atoms with E-state index in [1.165, 1.54) is 10.6 Å². The zero-order valence-electron chi connectivity index (χ0n) is 15.0. The molecule has 134 valence electrons. The van der Waals surface area contributed by atoms with E-state index in [-0.39, 0.29) is 17.0 Å². The van der Waals surface area contributed by atoms with Gasteiger partial charge in [-0.2, -0.15) is 0 Å². The fourth-order valence-electron chi connectivity index (χ4n) is 2.60. The van der Waals surface area contributed by atoms with Crippen molar-refractivity contribution in [3.8, 4) is 0 Å². The normalized spacial score (nSPS) is 12.2. The number of aliphatic hydroxyl groups excluding tert-OH is 1. The van der Waals surface area contributed by atoms with Gasteiger partial charge in [0, 0.05) is 12.7 Å². The predicted octanol–water partition coefficient (Wildman–Crippen LogP) is 2.34. The standard InChI is InChI=1S/C20H26N2O3/c1-14(2)18(23)9-10-21-19(24)17-8-5-11-22(20(17)25)13-16-7-4-6-15(3)12-16/h4-8,11-12,14,18,23H,9-10,13H2,1-3H3,(H,21,24). The Balaban J connectivity index is 2.07. The van der Waals surface area contributed by atoms with Crippen LogP contribution in [0.5, 0.6) is 0 Å². The number of carbonyl (C=O) groups is 1. The van der Waals surface area contributed by atoms with Crippen LogP contribution in [0.3, 0.4) is 0 Å². The lowest BCUT2D eigenvalue weighted by Gasteiger charge is -2.14. The van der Waals surface area contributed by atoms with Gasteiger partial charge in [-0.15, -0.1) is 0 Å². The Hall–Kier alpha value is -2.40. The number of nitrogens with one attached hydrogen (secondary N) is 1. The summed E-state index contributed by atoms with van der Waals surface area (Å²) in [4.78, 5) is 24.8. The smallest absolute Gasteiger partial charge is 0.263 e. The average molecular weight is 342 g/mol. The van der Waals surface area contributed by atoms with Gasteiger partial charge in [0.25, 0.3) is 11.5 Å². The molecule has 0 spiro atoms. The van der Waals surface area contributed by atoms with E-state index in [1.807, 2.05) is 45.0 Å². The Kier molecular flexibility index (Phi) is 6.53. The van der Waals surface area contributed by atoms with Gasteiger partial charge in [-0.3, -0.25) is 9.59 Å². The number of pyridine rings is 1. The first-order chi connectivity index (χ1) is 11.9. The Morgan fingerprint density at radius 2 is 2.00 bits per heavy atom. The van der Waals surface area contributed by atoms with E-state index in [2.05, 4.69) is 5.32 Å². The third-order valence-corrected chi connectivity index (χ3v) is 4.20. The fraction of sp³-hybridized carbons (Fsp3) is 0.400. The first kappa shape index (κ1) is 18.9. The van der Waals surface area contributed by atoms with E-state index in [1.54, 1.807) is 12.3 Å². The maximum Gasteiger partial charge on any atom is 0.263 e. The molecule has 1 amide bonds. The minimum Gasteiger partial charge on any atom is -0.393 e. The van der Waals surface area contributed by atoms with Gasteiger partial charge in [0.15, 0.2) is 0 Å². The Labute approximate surface area is 148 Å². The Morgan fingerprint density at radius 3 is 2.68 bits per heavy atom. The van der Waals surface area contributed by atoms with Crippen molar-refractivity contribution >= 4 is 5.91 Å². The average Bonchev–Trinajstić information content (AvgIpc) is 2.56. The fourth-order valence-corrected chi connectivity index (χ4v) is 2.60.